The molecule has 0 atom stereocenters. The normalized spacial score (nSPS) is 15.4. The second kappa shape index (κ2) is 6.33. The second-order valence-electron chi connectivity index (χ2n) is 6.84. The van der Waals surface area contributed by atoms with Crippen LogP contribution in [0.4, 0.5) is 0 Å². The monoisotopic (exact) mass is 320 g/mol. The number of nitrogens with zero attached hydrogens (tertiary/aromatic N) is 1. The molecule has 1 aromatic heterocycles. The molecule has 0 bridgehead atoms. The Labute approximate surface area is 142 Å². The highest BCUT2D eigenvalue weighted by atomic mass is 16.2. The molecule has 0 saturated heterocycles. The SMILES string of the molecule is Nn1c(-c2ccccc2)cc2cc(CCO)cc(C3CCCC3)c21. The van der Waals surface area contributed by atoms with E-state index in [0.29, 0.717) is 12.3 Å². The van der Waals surface area contributed by atoms with Crippen molar-refractivity contribution in [3.63, 3.8) is 0 Å². The minimum Gasteiger partial charge on any atom is -0.396 e. The zero-order valence-corrected chi connectivity index (χ0v) is 13.9. The van der Waals surface area contributed by atoms with E-state index in [9.17, 15) is 5.11 Å². The van der Waals surface area contributed by atoms with Crippen molar-refractivity contribution in [3.8, 4) is 11.3 Å². The first kappa shape index (κ1) is 15.3. The zero-order chi connectivity index (χ0) is 16.5. The number of hydrogen-bond donors (Lipinski definition) is 2. The number of aliphatic hydroxyl groups excluding tert-OH is 1. The van der Waals surface area contributed by atoms with Gasteiger partial charge in [-0.3, -0.25) is 4.68 Å². The summed E-state index contributed by atoms with van der Waals surface area (Å²) in [6.45, 7) is 0.185. The number of nitrogens with two attached hydrogens (primary N) is 1. The molecule has 124 valence electrons. The van der Waals surface area contributed by atoms with Crippen molar-refractivity contribution in [3.05, 3.63) is 59.7 Å². The van der Waals surface area contributed by atoms with E-state index < -0.39 is 0 Å². The van der Waals surface area contributed by atoms with E-state index in [0.717, 1.165) is 16.8 Å². The van der Waals surface area contributed by atoms with Crippen LogP contribution in [-0.2, 0) is 6.42 Å². The topological polar surface area (TPSA) is 51.2 Å². The van der Waals surface area contributed by atoms with E-state index >= 15 is 0 Å². The Morgan fingerprint density at radius 3 is 2.50 bits per heavy atom. The summed E-state index contributed by atoms with van der Waals surface area (Å²) in [5, 5.41) is 10.5. The number of benzene rings is 2. The highest BCUT2D eigenvalue weighted by Gasteiger charge is 2.22. The Hall–Kier alpha value is -2.26. The molecule has 3 aromatic rings. The Bertz CT molecular complexity index is 845. The molecular weight excluding hydrogens is 296 g/mol. The Morgan fingerprint density at radius 2 is 1.79 bits per heavy atom. The van der Waals surface area contributed by atoms with Crippen LogP contribution in [0.25, 0.3) is 22.2 Å². The molecule has 24 heavy (non-hydrogen) atoms. The molecule has 3 nitrogen and oxygen atoms in total. The van der Waals surface area contributed by atoms with Crippen LogP contribution in [0.15, 0.2) is 48.5 Å². The fraction of sp³-hybridized carbons (Fsp3) is 0.333. The van der Waals surface area contributed by atoms with Crippen molar-refractivity contribution < 1.29 is 5.11 Å². The van der Waals surface area contributed by atoms with Gasteiger partial charge in [0.2, 0.25) is 0 Å². The van der Waals surface area contributed by atoms with Crippen molar-refractivity contribution in [1.29, 1.82) is 0 Å². The Kier molecular flexibility index (Phi) is 4.03. The van der Waals surface area contributed by atoms with Crippen molar-refractivity contribution >= 4 is 10.9 Å². The summed E-state index contributed by atoms with van der Waals surface area (Å²) in [4.78, 5) is 0. The minimum atomic E-state index is 0.185. The van der Waals surface area contributed by atoms with Gasteiger partial charge in [-0.05, 0) is 48.4 Å². The molecule has 1 aliphatic carbocycles. The van der Waals surface area contributed by atoms with Gasteiger partial charge >= 0.3 is 0 Å². The summed E-state index contributed by atoms with van der Waals surface area (Å²) in [7, 11) is 0. The summed E-state index contributed by atoms with van der Waals surface area (Å²) >= 11 is 0. The average molecular weight is 320 g/mol. The standard InChI is InChI=1S/C21H24N2O/c22-23-20(17-8-2-1-3-9-17)14-18-12-15(10-11-24)13-19(21(18)23)16-6-4-5-7-16/h1-3,8-9,12-14,16,24H,4-7,10-11,22H2. The first-order chi connectivity index (χ1) is 11.8. The molecule has 1 saturated carbocycles. The number of hydrogen-bond acceptors (Lipinski definition) is 2. The molecule has 3 heteroatoms. The molecule has 1 fully saturated rings. The maximum atomic E-state index is 9.36. The van der Waals surface area contributed by atoms with E-state index in [1.165, 1.54) is 42.2 Å². The molecular formula is C21H24N2O. The summed E-state index contributed by atoms with van der Waals surface area (Å²) in [6, 6.07) is 16.9. The molecule has 0 amide bonds. The molecule has 0 radical (unpaired) electrons. The lowest BCUT2D eigenvalue weighted by Crippen LogP contribution is -2.11. The first-order valence-corrected chi connectivity index (χ1v) is 8.87. The van der Waals surface area contributed by atoms with Crippen LogP contribution in [-0.4, -0.2) is 16.4 Å². The maximum absolute atomic E-state index is 9.36. The van der Waals surface area contributed by atoms with Crippen molar-refractivity contribution in [1.82, 2.24) is 4.68 Å². The largest absolute Gasteiger partial charge is 0.396 e. The summed E-state index contributed by atoms with van der Waals surface area (Å²) in [6.07, 6.45) is 5.78. The maximum Gasteiger partial charge on any atom is 0.0732 e. The van der Waals surface area contributed by atoms with E-state index in [-0.39, 0.29) is 6.61 Å². The van der Waals surface area contributed by atoms with E-state index in [1.54, 1.807) is 0 Å². The van der Waals surface area contributed by atoms with Crippen molar-refractivity contribution in [2.75, 3.05) is 12.4 Å². The number of rotatable bonds is 4. The first-order valence-electron chi connectivity index (χ1n) is 8.87. The fourth-order valence-electron chi connectivity index (χ4n) is 4.12. The lowest BCUT2D eigenvalue weighted by atomic mass is 9.93. The van der Waals surface area contributed by atoms with E-state index in [2.05, 4.69) is 30.3 Å². The predicted molar refractivity (Wildman–Crippen MR) is 99.5 cm³/mol. The van der Waals surface area contributed by atoms with Gasteiger partial charge in [-0.1, -0.05) is 49.2 Å². The lowest BCUT2D eigenvalue weighted by molar-refractivity contribution is 0.299. The van der Waals surface area contributed by atoms with Gasteiger partial charge in [-0.15, -0.1) is 0 Å². The van der Waals surface area contributed by atoms with Crippen LogP contribution in [0.3, 0.4) is 0 Å². The zero-order valence-electron chi connectivity index (χ0n) is 13.9. The third-order valence-electron chi connectivity index (χ3n) is 5.29. The van der Waals surface area contributed by atoms with Crippen LogP contribution in [0.2, 0.25) is 0 Å². The molecule has 0 aliphatic heterocycles. The number of aliphatic hydroxyl groups is 1. The highest BCUT2D eigenvalue weighted by Crippen LogP contribution is 2.40. The van der Waals surface area contributed by atoms with Crippen LogP contribution in [0.5, 0.6) is 0 Å². The lowest BCUT2D eigenvalue weighted by Gasteiger charge is -2.15. The third-order valence-corrected chi connectivity index (χ3v) is 5.29. The molecule has 2 aromatic carbocycles. The van der Waals surface area contributed by atoms with Gasteiger partial charge in [-0.2, -0.15) is 0 Å². The van der Waals surface area contributed by atoms with Crippen LogP contribution in [0, 0.1) is 0 Å². The number of nitrogen functional groups attached to an aromatic ring is 1. The van der Waals surface area contributed by atoms with Gasteiger partial charge in [0.05, 0.1) is 11.2 Å². The Balaban J connectivity index is 1.93. The predicted octanol–water partition coefficient (Wildman–Crippen LogP) is 4.21. The van der Waals surface area contributed by atoms with Gasteiger partial charge in [0.1, 0.15) is 0 Å². The molecule has 4 rings (SSSR count). The van der Waals surface area contributed by atoms with Crippen LogP contribution in [0.1, 0.15) is 42.7 Å². The highest BCUT2D eigenvalue weighted by molar-refractivity contribution is 5.90. The average Bonchev–Trinajstić information content (AvgIpc) is 3.24. The van der Waals surface area contributed by atoms with E-state index in [4.69, 9.17) is 5.84 Å². The van der Waals surface area contributed by atoms with Crippen molar-refractivity contribution in [2.24, 2.45) is 0 Å². The Morgan fingerprint density at radius 1 is 1.04 bits per heavy atom. The quantitative estimate of drug-likeness (QED) is 0.707. The smallest absolute Gasteiger partial charge is 0.0732 e. The molecule has 0 spiro atoms. The van der Waals surface area contributed by atoms with Crippen LogP contribution < -0.4 is 5.84 Å². The summed E-state index contributed by atoms with van der Waals surface area (Å²) in [5.41, 5.74) is 5.90. The van der Waals surface area contributed by atoms with Crippen molar-refractivity contribution in [2.45, 2.75) is 38.0 Å². The fourth-order valence-corrected chi connectivity index (χ4v) is 4.12. The van der Waals surface area contributed by atoms with Gasteiger partial charge in [0.25, 0.3) is 0 Å². The summed E-state index contributed by atoms with van der Waals surface area (Å²) < 4.78 is 1.86. The molecule has 1 aliphatic rings. The number of aromatic nitrogens is 1. The van der Waals surface area contributed by atoms with Gasteiger partial charge in [0, 0.05) is 17.6 Å². The van der Waals surface area contributed by atoms with E-state index in [1.807, 2.05) is 22.9 Å². The van der Waals surface area contributed by atoms with Gasteiger partial charge < -0.3 is 10.9 Å². The van der Waals surface area contributed by atoms with Crippen LogP contribution >= 0.6 is 0 Å². The van der Waals surface area contributed by atoms with Gasteiger partial charge in [-0.25, -0.2) is 0 Å². The second-order valence-corrected chi connectivity index (χ2v) is 6.84. The molecule has 3 N–H and O–H groups in total. The number of fused-ring (bicyclic) bond motifs is 1. The van der Waals surface area contributed by atoms with Gasteiger partial charge in [0.15, 0.2) is 0 Å². The molecule has 0 unspecified atom stereocenters. The summed E-state index contributed by atoms with van der Waals surface area (Å²) in [5.74, 6) is 7.12. The molecule has 1 heterocycles. The minimum absolute atomic E-state index is 0.185. The third kappa shape index (κ3) is 2.59.